The van der Waals surface area contributed by atoms with E-state index in [2.05, 4.69) is 15.1 Å². The fraction of sp³-hybridized carbons (Fsp3) is 0.267. The lowest BCUT2D eigenvalue weighted by Crippen LogP contribution is -2.14. The van der Waals surface area contributed by atoms with Crippen molar-refractivity contribution in [1.82, 2.24) is 19.6 Å². The Kier molecular flexibility index (Phi) is 3.91. The summed E-state index contributed by atoms with van der Waals surface area (Å²) in [4.78, 5) is 33.8. The third-order valence-electron chi connectivity index (χ3n) is 3.15. The molecule has 0 saturated heterocycles. The summed E-state index contributed by atoms with van der Waals surface area (Å²) in [5, 5.41) is 4.07. The van der Waals surface area contributed by atoms with E-state index in [0.29, 0.717) is 10.7 Å². The van der Waals surface area contributed by atoms with Crippen molar-refractivity contribution in [2.75, 3.05) is 6.61 Å². The van der Waals surface area contributed by atoms with Crippen LogP contribution in [0.3, 0.4) is 0 Å². The molecule has 0 radical (unpaired) electrons. The average Bonchev–Trinajstić information content (AvgIpc) is 3.10. The van der Waals surface area contributed by atoms with E-state index in [1.54, 1.807) is 6.07 Å². The van der Waals surface area contributed by atoms with Gasteiger partial charge < -0.3 is 4.74 Å². The molecule has 23 heavy (non-hydrogen) atoms. The van der Waals surface area contributed by atoms with Gasteiger partial charge in [0.2, 0.25) is 5.78 Å². The molecule has 0 saturated carbocycles. The summed E-state index contributed by atoms with van der Waals surface area (Å²) >= 11 is 1.36. The Morgan fingerprint density at radius 3 is 2.70 bits per heavy atom. The number of hydrogen-bond donors (Lipinski definition) is 0. The summed E-state index contributed by atoms with van der Waals surface area (Å²) in [5.74, 6) is -0.768. The van der Waals surface area contributed by atoms with Gasteiger partial charge in [-0.2, -0.15) is 4.98 Å². The lowest BCUT2D eigenvalue weighted by atomic mass is 10.3. The number of carbonyl (C=O) groups excluding carboxylic acids is 2. The number of hydrogen-bond acceptors (Lipinski definition) is 7. The van der Waals surface area contributed by atoms with E-state index in [1.165, 1.54) is 15.9 Å². The predicted octanol–water partition coefficient (Wildman–Crippen LogP) is 2.15. The van der Waals surface area contributed by atoms with Gasteiger partial charge >= 0.3 is 5.97 Å². The first-order chi connectivity index (χ1) is 10.9. The van der Waals surface area contributed by atoms with Crippen molar-refractivity contribution in [3.63, 3.8) is 0 Å². The van der Waals surface area contributed by atoms with E-state index in [4.69, 9.17) is 4.74 Å². The first kappa shape index (κ1) is 15.3. The molecule has 3 heterocycles. The lowest BCUT2D eigenvalue weighted by Gasteiger charge is -1.99. The number of nitrogens with zero attached hydrogens (tertiary/aromatic N) is 4. The van der Waals surface area contributed by atoms with Gasteiger partial charge in [0.05, 0.1) is 4.88 Å². The molecule has 0 aliphatic carbocycles. The number of carbonyl (C=O) groups is 2. The number of thiophene rings is 1. The first-order valence-corrected chi connectivity index (χ1v) is 7.73. The molecule has 0 amide bonds. The Balaban J connectivity index is 1.73. The van der Waals surface area contributed by atoms with Crippen LogP contribution in [0.2, 0.25) is 0 Å². The van der Waals surface area contributed by atoms with Crippen molar-refractivity contribution in [3.05, 3.63) is 45.2 Å². The zero-order valence-electron chi connectivity index (χ0n) is 12.9. The molecular formula is C15H14N4O3S. The number of ether oxygens (including phenoxy) is 1. The summed E-state index contributed by atoms with van der Waals surface area (Å²) in [5.41, 5.74) is 1.59. The summed E-state index contributed by atoms with van der Waals surface area (Å²) in [7, 11) is 0. The van der Waals surface area contributed by atoms with Gasteiger partial charge in [-0.1, -0.05) is 0 Å². The molecule has 0 spiro atoms. The molecule has 0 fully saturated rings. The molecule has 0 N–H and O–H groups in total. The van der Waals surface area contributed by atoms with Gasteiger partial charge in [0.25, 0.3) is 11.6 Å². The number of aromatic nitrogens is 4. The van der Waals surface area contributed by atoms with Crippen LogP contribution in [-0.4, -0.2) is 37.9 Å². The Bertz CT molecular complexity index is 913. The van der Waals surface area contributed by atoms with E-state index >= 15 is 0 Å². The van der Waals surface area contributed by atoms with Crippen LogP contribution in [0, 0.1) is 20.8 Å². The number of Topliss-reactive ketones (excluding diaryl/α,β-unsaturated/α-hetero) is 1. The van der Waals surface area contributed by atoms with Gasteiger partial charge in [-0.05, 0) is 39.0 Å². The van der Waals surface area contributed by atoms with Crippen molar-refractivity contribution in [2.45, 2.75) is 20.8 Å². The van der Waals surface area contributed by atoms with Crippen LogP contribution in [0.1, 0.15) is 36.6 Å². The molecule has 0 aliphatic rings. The van der Waals surface area contributed by atoms with Gasteiger partial charge in [-0.15, -0.1) is 16.4 Å². The molecule has 3 rings (SSSR count). The van der Waals surface area contributed by atoms with Crippen LogP contribution in [0.4, 0.5) is 0 Å². The highest BCUT2D eigenvalue weighted by atomic mass is 32.1. The van der Waals surface area contributed by atoms with Crippen molar-refractivity contribution < 1.29 is 14.3 Å². The standard InChI is InChI=1S/C15H14N4O3S/c1-8-6-9(2)19-15(16-8)17-13(18-19)14(21)22-7-11(20)12-5-4-10(3)23-12/h4-6H,7H2,1-3H3. The van der Waals surface area contributed by atoms with Gasteiger partial charge in [-0.3, -0.25) is 4.79 Å². The third kappa shape index (κ3) is 3.11. The largest absolute Gasteiger partial charge is 0.451 e. The summed E-state index contributed by atoms with van der Waals surface area (Å²) in [6.45, 7) is 5.25. The van der Waals surface area contributed by atoms with Gasteiger partial charge in [0, 0.05) is 16.3 Å². The minimum atomic E-state index is -0.741. The fourth-order valence-corrected chi connectivity index (χ4v) is 2.90. The van der Waals surface area contributed by atoms with Crippen LogP contribution >= 0.6 is 11.3 Å². The van der Waals surface area contributed by atoms with Crippen LogP contribution in [0.15, 0.2) is 18.2 Å². The topological polar surface area (TPSA) is 86.5 Å². The van der Waals surface area contributed by atoms with Crippen molar-refractivity contribution in [2.24, 2.45) is 0 Å². The Labute approximate surface area is 136 Å². The first-order valence-electron chi connectivity index (χ1n) is 6.92. The quantitative estimate of drug-likeness (QED) is 0.538. The van der Waals surface area contributed by atoms with E-state index in [1.807, 2.05) is 32.9 Å². The fourth-order valence-electron chi connectivity index (χ4n) is 2.10. The normalized spacial score (nSPS) is 10.9. The Hall–Kier alpha value is -2.61. The maximum atomic E-state index is 12.0. The number of aryl methyl sites for hydroxylation is 3. The van der Waals surface area contributed by atoms with Crippen molar-refractivity contribution in [1.29, 1.82) is 0 Å². The minimum Gasteiger partial charge on any atom is -0.451 e. The zero-order valence-corrected chi connectivity index (χ0v) is 13.7. The van der Waals surface area contributed by atoms with E-state index in [9.17, 15) is 9.59 Å². The van der Waals surface area contributed by atoms with Crippen molar-refractivity contribution in [3.8, 4) is 0 Å². The monoisotopic (exact) mass is 330 g/mol. The second-order valence-corrected chi connectivity index (χ2v) is 6.38. The molecular weight excluding hydrogens is 316 g/mol. The average molecular weight is 330 g/mol. The number of ketones is 1. The van der Waals surface area contributed by atoms with Crippen LogP contribution in [0.25, 0.3) is 5.78 Å². The second-order valence-electron chi connectivity index (χ2n) is 5.10. The highest BCUT2D eigenvalue weighted by molar-refractivity contribution is 7.14. The third-order valence-corrected chi connectivity index (χ3v) is 4.19. The molecule has 3 aromatic heterocycles. The van der Waals surface area contributed by atoms with Crippen LogP contribution in [0.5, 0.6) is 0 Å². The highest BCUT2D eigenvalue weighted by Crippen LogP contribution is 2.15. The zero-order chi connectivity index (χ0) is 16.6. The summed E-state index contributed by atoms with van der Waals surface area (Å²) < 4.78 is 6.47. The van der Waals surface area contributed by atoms with Gasteiger partial charge in [0.15, 0.2) is 6.61 Å². The van der Waals surface area contributed by atoms with E-state index in [-0.39, 0.29) is 18.2 Å². The number of fused-ring (bicyclic) bond motifs is 1. The molecule has 0 aliphatic heterocycles. The number of rotatable bonds is 4. The molecule has 3 aromatic rings. The van der Waals surface area contributed by atoms with E-state index in [0.717, 1.165) is 16.3 Å². The van der Waals surface area contributed by atoms with Crippen LogP contribution < -0.4 is 0 Å². The smallest absolute Gasteiger partial charge is 0.378 e. The lowest BCUT2D eigenvalue weighted by molar-refractivity contribution is 0.0464. The van der Waals surface area contributed by atoms with E-state index < -0.39 is 5.97 Å². The Morgan fingerprint density at radius 2 is 2.00 bits per heavy atom. The molecule has 7 nitrogen and oxygen atoms in total. The Morgan fingerprint density at radius 1 is 1.22 bits per heavy atom. The summed E-state index contributed by atoms with van der Waals surface area (Å²) in [6, 6.07) is 5.40. The SMILES string of the molecule is Cc1cc(C)n2nc(C(=O)OCC(=O)c3ccc(C)s3)nc2n1. The molecule has 0 aromatic carbocycles. The molecule has 0 atom stereocenters. The minimum absolute atomic E-state index is 0.110. The molecule has 0 unspecified atom stereocenters. The molecule has 8 heteroatoms. The highest BCUT2D eigenvalue weighted by Gasteiger charge is 2.18. The van der Waals surface area contributed by atoms with Crippen molar-refractivity contribution >= 4 is 28.9 Å². The second kappa shape index (κ2) is 5.88. The predicted molar refractivity (Wildman–Crippen MR) is 83.9 cm³/mol. The van der Waals surface area contributed by atoms with Gasteiger partial charge in [0.1, 0.15) is 0 Å². The molecule has 118 valence electrons. The van der Waals surface area contributed by atoms with Gasteiger partial charge in [-0.25, -0.2) is 14.3 Å². The summed E-state index contributed by atoms with van der Waals surface area (Å²) in [6.07, 6.45) is 0. The maximum absolute atomic E-state index is 12.0. The number of esters is 1. The van der Waals surface area contributed by atoms with Crippen LogP contribution in [-0.2, 0) is 4.74 Å². The maximum Gasteiger partial charge on any atom is 0.378 e. The molecule has 0 bridgehead atoms.